The quantitative estimate of drug-likeness (QED) is 0.669. The monoisotopic (exact) mass is 158 g/mol. The van der Waals surface area contributed by atoms with Gasteiger partial charge in [0.1, 0.15) is 0 Å². The second kappa shape index (κ2) is 2.81. The maximum absolute atomic E-state index is 10.7. The highest BCUT2D eigenvalue weighted by Crippen LogP contribution is 2.29. The third-order valence-electron chi connectivity index (χ3n) is 2.09. The van der Waals surface area contributed by atoms with Crippen LogP contribution < -0.4 is 0 Å². The molecule has 0 atom stereocenters. The van der Waals surface area contributed by atoms with E-state index in [1.807, 2.05) is 0 Å². The Balaban J connectivity index is 2.38. The molecule has 0 saturated carbocycles. The van der Waals surface area contributed by atoms with Crippen molar-refractivity contribution in [2.75, 3.05) is 13.2 Å². The van der Waals surface area contributed by atoms with E-state index in [1.165, 1.54) is 0 Å². The van der Waals surface area contributed by atoms with E-state index in [-0.39, 0.29) is 0 Å². The average Bonchev–Trinajstić information content (AvgIpc) is 1.79. The Morgan fingerprint density at radius 3 is 2.45 bits per heavy atom. The number of rotatable bonds is 3. The summed E-state index contributed by atoms with van der Waals surface area (Å²) in [5.41, 5.74) is -0.589. The van der Waals surface area contributed by atoms with Crippen LogP contribution in [-0.4, -0.2) is 24.3 Å². The van der Waals surface area contributed by atoms with Crippen molar-refractivity contribution in [2.45, 2.75) is 20.3 Å². The Morgan fingerprint density at radius 1 is 1.64 bits per heavy atom. The zero-order chi connectivity index (χ0) is 8.48. The van der Waals surface area contributed by atoms with Crippen molar-refractivity contribution in [2.24, 2.45) is 11.3 Å². The van der Waals surface area contributed by atoms with Crippen LogP contribution in [0.4, 0.5) is 0 Å². The highest BCUT2D eigenvalue weighted by Gasteiger charge is 2.33. The van der Waals surface area contributed by atoms with Crippen molar-refractivity contribution < 1.29 is 14.6 Å². The van der Waals surface area contributed by atoms with Gasteiger partial charge in [-0.05, 0) is 20.3 Å². The number of carboxylic acid groups (broad SMARTS) is 1. The lowest BCUT2D eigenvalue weighted by molar-refractivity contribution is -0.150. The molecule has 3 nitrogen and oxygen atoms in total. The molecule has 11 heavy (non-hydrogen) atoms. The van der Waals surface area contributed by atoms with Crippen LogP contribution in [0.3, 0.4) is 0 Å². The normalized spacial score (nSPS) is 19.5. The third-order valence-corrected chi connectivity index (χ3v) is 2.09. The summed E-state index contributed by atoms with van der Waals surface area (Å²) in [6.45, 7) is 4.98. The van der Waals surface area contributed by atoms with Gasteiger partial charge >= 0.3 is 5.97 Å². The molecule has 0 aromatic heterocycles. The molecular formula is C8H14O3. The van der Waals surface area contributed by atoms with Crippen molar-refractivity contribution in [3.05, 3.63) is 0 Å². The van der Waals surface area contributed by atoms with Gasteiger partial charge < -0.3 is 9.84 Å². The summed E-state index contributed by atoms with van der Waals surface area (Å²) >= 11 is 0. The molecular weight excluding hydrogens is 144 g/mol. The minimum atomic E-state index is -0.718. The fourth-order valence-electron chi connectivity index (χ4n) is 1.21. The van der Waals surface area contributed by atoms with Crippen molar-refractivity contribution in [1.82, 2.24) is 0 Å². The summed E-state index contributed by atoms with van der Waals surface area (Å²) in [7, 11) is 0. The molecule has 0 aromatic rings. The molecule has 1 rings (SSSR count). The first kappa shape index (κ1) is 8.53. The van der Waals surface area contributed by atoms with Crippen LogP contribution in [0.2, 0.25) is 0 Å². The predicted molar refractivity (Wildman–Crippen MR) is 40.3 cm³/mol. The van der Waals surface area contributed by atoms with Gasteiger partial charge in [0.2, 0.25) is 0 Å². The van der Waals surface area contributed by atoms with E-state index in [9.17, 15) is 4.79 Å². The van der Waals surface area contributed by atoms with Gasteiger partial charge in [-0.1, -0.05) is 0 Å². The smallest absolute Gasteiger partial charge is 0.309 e. The molecule has 1 N–H and O–H groups in total. The van der Waals surface area contributed by atoms with Crippen LogP contribution in [0.25, 0.3) is 0 Å². The fraction of sp³-hybridized carbons (Fsp3) is 0.875. The fourth-order valence-corrected chi connectivity index (χ4v) is 1.21. The van der Waals surface area contributed by atoms with Gasteiger partial charge in [0.15, 0.2) is 0 Å². The summed E-state index contributed by atoms with van der Waals surface area (Å²) < 4.78 is 4.97. The zero-order valence-corrected chi connectivity index (χ0v) is 6.96. The maximum Gasteiger partial charge on any atom is 0.309 e. The maximum atomic E-state index is 10.7. The number of hydrogen-bond acceptors (Lipinski definition) is 2. The van der Waals surface area contributed by atoms with Gasteiger partial charge in [0, 0.05) is 5.92 Å². The third kappa shape index (κ3) is 1.93. The largest absolute Gasteiger partial charge is 0.481 e. The lowest BCUT2D eigenvalue weighted by Gasteiger charge is -2.31. The molecule has 1 aliphatic rings. The summed E-state index contributed by atoms with van der Waals surface area (Å²) in [5, 5.41) is 8.77. The van der Waals surface area contributed by atoms with Crippen LogP contribution >= 0.6 is 0 Å². The van der Waals surface area contributed by atoms with Gasteiger partial charge in [0.25, 0.3) is 0 Å². The molecule has 0 spiro atoms. The second-order valence-electron chi connectivity index (χ2n) is 3.80. The van der Waals surface area contributed by atoms with Gasteiger partial charge in [-0.3, -0.25) is 4.79 Å². The summed E-state index contributed by atoms with van der Waals surface area (Å²) in [4.78, 5) is 10.7. The van der Waals surface area contributed by atoms with Crippen LogP contribution in [0.15, 0.2) is 0 Å². The first-order valence-corrected chi connectivity index (χ1v) is 3.83. The topological polar surface area (TPSA) is 46.5 Å². The average molecular weight is 158 g/mol. The van der Waals surface area contributed by atoms with Crippen molar-refractivity contribution in [1.29, 1.82) is 0 Å². The van der Waals surface area contributed by atoms with Crippen LogP contribution in [-0.2, 0) is 9.53 Å². The van der Waals surface area contributed by atoms with Crippen molar-refractivity contribution in [3.8, 4) is 0 Å². The molecule has 0 aliphatic carbocycles. The second-order valence-corrected chi connectivity index (χ2v) is 3.80. The molecule has 1 fully saturated rings. The number of carbonyl (C=O) groups is 1. The highest BCUT2D eigenvalue weighted by molar-refractivity contribution is 5.73. The molecule has 0 bridgehead atoms. The predicted octanol–water partition coefficient (Wildman–Crippen LogP) is 1.13. The summed E-state index contributed by atoms with van der Waals surface area (Å²) in [5.74, 6) is -0.259. The molecule has 1 heterocycles. The molecule has 64 valence electrons. The number of hydrogen-bond donors (Lipinski definition) is 1. The SMILES string of the molecule is CC(C)(CC1COC1)C(=O)O. The standard InChI is InChI=1S/C8H14O3/c1-8(2,7(9)10)3-6-4-11-5-6/h6H,3-5H2,1-2H3,(H,9,10). The molecule has 1 aliphatic heterocycles. The van der Waals surface area contributed by atoms with E-state index in [2.05, 4.69) is 0 Å². The lowest BCUT2D eigenvalue weighted by atomic mass is 9.82. The first-order valence-electron chi connectivity index (χ1n) is 3.83. The first-order chi connectivity index (χ1) is 5.02. The van der Waals surface area contributed by atoms with E-state index in [4.69, 9.17) is 9.84 Å². The molecule has 0 aromatic carbocycles. The Kier molecular flexibility index (Phi) is 2.18. The Bertz CT molecular complexity index is 159. The minimum Gasteiger partial charge on any atom is -0.481 e. The zero-order valence-electron chi connectivity index (χ0n) is 6.96. The Morgan fingerprint density at radius 2 is 2.18 bits per heavy atom. The lowest BCUT2D eigenvalue weighted by Crippen LogP contribution is -2.35. The summed E-state index contributed by atoms with van der Waals surface area (Å²) in [6.07, 6.45) is 0.725. The van der Waals surface area contributed by atoms with E-state index in [0.29, 0.717) is 5.92 Å². The van der Waals surface area contributed by atoms with E-state index in [0.717, 1.165) is 19.6 Å². The van der Waals surface area contributed by atoms with Crippen molar-refractivity contribution >= 4 is 5.97 Å². The Hall–Kier alpha value is -0.570. The van der Waals surface area contributed by atoms with Crippen LogP contribution in [0, 0.1) is 11.3 Å². The van der Waals surface area contributed by atoms with Crippen LogP contribution in [0.5, 0.6) is 0 Å². The number of carboxylic acids is 1. The van der Waals surface area contributed by atoms with E-state index >= 15 is 0 Å². The molecule has 0 amide bonds. The molecule has 1 saturated heterocycles. The number of aliphatic carboxylic acids is 1. The molecule has 0 unspecified atom stereocenters. The van der Waals surface area contributed by atoms with E-state index in [1.54, 1.807) is 13.8 Å². The summed E-state index contributed by atoms with van der Waals surface area (Å²) in [6, 6.07) is 0. The van der Waals surface area contributed by atoms with Crippen LogP contribution in [0.1, 0.15) is 20.3 Å². The van der Waals surface area contributed by atoms with Gasteiger partial charge in [-0.2, -0.15) is 0 Å². The number of ether oxygens (including phenoxy) is 1. The minimum absolute atomic E-state index is 0.459. The highest BCUT2D eigenvalue weighted by atomic mass is 16.5. The van der Waals surface area contributed by atoms with Crippen molar-refractivity contribution in [3.63, 3.8) is 0 Å². The van der Waals surface area contributed by atoms with Gasteiger partial charge in [-0.25, -0.2) is 0 Å². The molecule has 3 heteroatoms. The molecule has 0 radical (unpaired) electrons. The van der Waals surface area contributed by atoms with Gasteiger partial charge in [-0.15, -0.1) is 0 Å². The van der Waals surface area contributed by atoms with Gasteiger partial charge in [0.05, 0.1) is 18.6 Å². The van der Waals surface area contributed by atoms with E-state index < -0.39 is 11.4 Å². The Labute approximate surface area is 66.4 Å².